The average Bonchev–Trinajstić information content (AvgIpc) is 2.46. The Hall–Kier alpha value is -2.08. The number of carbonyl (C=O) groups is 2. The van der Waals surface area contributed by atoms with Crippen LogP contribution in [0.15, 0.2) is 24.3 Å². The molecule has 1 heterocycles. The highest BCUT2D eigenvalue weighted by atomic mass is 16.4. The number of benzene rings is 1. The largest absolute Gasteiger partial charge is 0.480 e. The van der Waals surface area contributed by atoms with Crippen molar-refractivity contribution in [2.24, 2.45) is 5.73 Å². The zero-order chi connectivity index (χ0) is 14.7. The van der Waals surface area contributed by atoms with Crippen LogP contribution >= 0.6 is 0 Å². The highest BCUT2D eigenvalue weighted by molar-refractivity contribution is 5.93. The monoisotopic (exact) mass is 277 g/mol. The van der Waals surface area contributed by atoms with Gasteiger partial charge in [-0.25, -0.2) is 0 Å². The van der Waals surface area contributed by atoms with Crippen LogP contribution in [0.2, 0.25) is 0 Å². The Balaban J connectivity index is 1.96. The molecule has 1 saturated heterocycles. The van der Waals surface area contributed by atoms with Gasteiger partial charge in [-0.2, -0.15) is 0 Å². The maximum absolute atomic E-state index is 11.0. The number of nitrogens with zero attached hydrogens (tertiary/aromatic N) is 2. The zero-order valence-corrected chi connectivity index (χ0v) is 11.5. The maximum Gasteiger partial charge on any atom is 0.320 e. The van der Waals surface area contributed by atoms with Crippen molar-refractivity contribution in [2.75, 3.05) is 31.1 Å². The molecule has 0 spiro atoms. The lowest BCUT2D eigenvalue weighted by molar-refractivity contribution is -0.142. The molecule has 6 heteroatoms. The van der Waals surface area contributed by atoms with Crippen LogP contribution in [0.5, 0.6) is 0 Å². The van der Waals surface area contributed by atoms with Crippen LogP contribution < -0.4 is 10.6 Å². The van der Waals surface area contributed by atoms with E-state index in [0.717, 1.165) is 18.8 Å². The maximum atomic E-state index is 11.0. The normalized spacial score (nSPS) is 17.8. The Labute approximate surface area is 117 Å². The summed E-state index contributed by atoms with van der Waals surface area (Å²) >= 11 is 0. The van der Waals surface area contributed by atoms with Gasteiger partial charge in [-0.1, -0.05) is 0 Å². The van der Waals surface area contributed by atoms with Crippen molar-refractivity contribution < 1.29 is 14.7 Å². The van der Waals surface area contributed by atoms with Crippen molar-refractivity contribution in [3.63, 3.8) is 0 Å². The third kappa shape index (κ3) is 3.08. The van der Waals surface area contributed by atoms with Crippen LogP contribution in [0.4, 0.5) is 5.69 Å². The molecule has 0 aromatic heterocycles. The molecule has 1 aromatic carbocycles. The second-order valence-electron chi connectivity index (χ2n) is 4.95. The van der Waals surface area contributed by atoms with Crippen molar-refractivity contribution >= 4 is 17.6 Å². The van der Waals surface area contributed by atoms with Gasteiger partial charge in [0.05, 0.1) is 0 Å². The number of amides is 1. The Morgan fingerprint density at radius 3 is 2.15 bits per heavy atom. The fourth-order valence-corrected chi connectivity index (χ4v) is 2.36. The van der Waals surface area contributed by atoms with Gasteiger partial charge in [-0.15, -0.1) is 0 Å². The van der Waals surface area contributed by atoms with E-state index in [1.54, 1.807) is 19.1 Å². The summed E-state index contributed by atoms with van der Waals surface area (Å²) in [6, 6.07) is 6.72. The number of carboxylic acids is 1. The van der Waals surface area contributed by atoms with E-state index in [4.69, 9.17) is 10.8 Å². The van der Waals surface area contributed by atoms with E-state index in [-0.39, 0.29) is 0 Å². The van der Waals surface area contributed by atoms with Gasteiger partial charge < -0.3 is 15.7 Å². The Kier molecular flexibility index (Phi) is 4.24. The van der Waals surface area contributed by atoms with E-state index in [2.05, 4.69) is 4.90 Å². The summed E-state index contributed by atoms with van der Waals surface area (Å²) in [5.74, 6) is -1.22. The molecule has 1 amide bonds. The molecule has 6 nitrogen and oxygen atoms in total. The summed E-state index contributed by atoms with van der Waals surface area (Å²) in [6.45, 7) is 4.68. The number of rotatable bonds is 4. The van der Waals surface area contributed by atoms with E-state index in [1.165, 1.54) is 0 Å². The van der Waals surface area contributed by atoms with Crippen LogP contribution in [-0.4, -0.2) is 54.1 Å². The molecule has 0 saturated carbocycles. The molecule has 1 atom stereocenters. The number of carboxylic acid groups (broad SMARTS) is 1. The summed E-state index contributed by atoms with van der Waals surface area (Å²) in [6.07, 6.45) is 0. The summed E-state index contributed by atoms with van der Waals surface area (Å²) < 4.78 is 0. The Morgan fingerprint density at radius 1 is 1.15 bits per heavy atom. The predicted molar refractivity (Wildman–Crippen MR) is 75.8 cm³/mol. The first-order valence-corrected chi connectivity index (χ1v) is 6.60. The third-order valence-electron chi connectivity index (χ3n) is 3.74. The van der Waals surface area contributed by atoms with Gasteiger partial charge in [0, 0.05) is 37.4 Å². The molecule has 2 rings (SSSR count). The number of nitrogens with two attached hydrogens (primary N) is 1. The zero-order valence-electron chi connectivity index (χ0n) is 11.5. The van der Waals surface area contributed by atoms with Gasteiger partial charge in [0.1, 0.15) is 6.04 Å². The SMILES string of the molecule is CC(C(=O)O)N1CCN(c2ccc(C(N)=O)cc2)CC1. The molecule has 1 unspecified atom stereocenters. The molecule has 0 radical (unpaired) electrons. The summed E-state index contributed by atoms with van der Waals surface area (Å²) in [4.78, 5) is 26.1. The standard InChI is InChI=1S/C14H19N3O3/c1-10(14(19)20)16-6-8-17(9-7-16)12-4-2-11(3-5-12)13(15)18/h2-5,10H,6-9H2,1H3,(H2,15,18)(H,19,20). The van der Waals surface area contributed by atoms with Crippen LogP contribution in [0.25, 0.3) is 0 Å². The van der Waals surface area contributed by atoms with E-state index in [0.29, 0.717) is 18.7 Å². The highest BCUT2D eigenvalue weighted by Crippen LogP contribution is 2.18. The number of hydrogen-bond donors (Lipinski definition) is 2. The molecule has 0 aliphatic carbocycles. The smallest absolute Gasteiger partial charge is 0.320 e. The fourth-order valence-electron chi connectivity index (χ4n) is 2.36. The molecule has 20 heavy (non-hydrogen) atoms. The fraction of sp³-hybridized carbons (Fsp3) is 0.429. The molecular weight excluding hydrogens is 258 g/mol. The summed E-state index contributed by atoms with van der Waals surface area (Å²) in [5, 5.41) is 9.00. The number of anilines is 1. The van der Waals surface area contributed by atoms with Crippen molar-refractivity contribution in [3.05, 3.63) is 29.8 Å². The second kappa shape index (κ2) is 5.92. The number of hydrogen-bond acceptors (Lipinski definition) is 4. The summed E-state index contributed by atoms with van der Waals surface area (Å²) in [5.41, 5.74) is 6.73. The first-order chi connectivity index (χ1) is 9.49. The van der Waals surface area contributed by atoms with Crippen LogP contribution in [0.1, 0.15) is 17.3 Å². The van der Waals surface area contributed by atoms with Gasteiger partial charge >= 0.3 is 5.97 Å². The van der Waals surface area contributed by atoms with Crippen LogP contribution in [0, 0.1) is 0 Å². The highest BCUT2D eigenvalue weighted by Gasteiger charge is 2.25. The minimum Gasteiger partial charge on any atom is -0.480 e. The molecular formula is C14H19N3O3. The molecule has 0 bridgehead atoms. The number of piperazine rings is 1. The lowest BCUT2D eigenvalue weighted by Crippen LogP contribution is -2.51. The first-order valence-electron chi connectivity index (χ1n) is 6.60. The molecule has 108 valence electrons. The van der Waals surface area contributed by atoms with Crippen LogP contribution in [0.3, 0.4) is 0 Å². The Morgan fingerprint density at radius 2 is 1.70 bits per heavy atom. The molecule has 1 aromatic rings. The van der Waals surface area contributed by atoms with Crippen molar-refractivity contribution in [1.29, 1.82) is 0 Å². The summed E-state index contributed by atoms with van der Waals surface area (Å²) in [7, 11) is 0. The topological polar surface area (TPSA) is 86.9 Å². The predicted octanol–water partition coefficient (Wildman–Crippen LogP) is 0.381. The quantitative estimate of drug-likeness (QED) is 0.831. The van der Waals surface area contributed by atoms with E-state index < -0.39 is 17.9 Å². The number of carbonyl (C=O) groups excluding carboxylic acids is 1. The van der Waals surface area contributed by atoms with Crippen molar-refractivity contribution in [2.45, 2.75) is 13.0 Å². The third-order valence-corrected chi connectivity index (χ3v) is 3.74. The van der Waals surface area contributed by atoms with Crippen molar-refractivity contribution in [3.8, 4) is 0 Å². The van der Waals surface area contributed by atoms with Gasteiger partial charge in [0.2, 0.25) is 5.91 Å². The second-order valence-corrected chi connectivity index (χ2v) is 4.95. The number of primary amides is 1. The Bertz CT molecular complexity index is 493. The van der Waals surface area contributed by atoms with E-state index >= 15 is 0 Å². The van der Waals surface area contributed by atoms with E-state index in [9.17, 15) is 9.59 Å². The first kappa shape index (κ1) is 14.3. The molecule has 3 N–H and O–H groups in total. The minimum absolute atomic E-state index is 0.434. The van der Waals surface area contributed by atoms with E-state index in [1.807, 2.05) is 17.0 Å². The molecule has 1 aliphatic heterocycles. The lowest BCUT2D eigenvalue weighted by Gasteiger charge is -2.37. The molecule has 1 fully saturated rings. The van der Waals surface area contributed by atoms with Gasteiger partial charge in [-0.3, -0.25) is 14.5 Å². The van der Waals surface area contributed by atoms with Gasteiger partial charge in [-0.05, 0) is 31.2 Å². The van der Waals surface area contributed by atoms with Crippen LogP contribution in [-0.2, 0) is 4.79 Å². The number of aliphatic carboxylic acids is 1. The minimum atomic E-state index is -0.788. The van der Waals surface area contributed by atoms with Gasteiger partial charge in [0.15, 0.2) is 0 Å². The van der Waals surface area contributed by atoms with Gasteiger partial charge in [0.25, 0.3) is 0 Å². The lowest BCUT2D eigenvalue weighted by atomic mass is 10.1. The van der Waals surface area contributed by atoms with Crippen molar-refractivity contribution in [1.82, 2.24) is 4.90 Å². The average molecular weight is 277 g/mol. The molecule has 1 aliphatic rings.